The van der Waals surface area contributed by atoms with Gasteiger partial charge in [0.05, 0.1) is 11.0 Å². The Bertz CT molecular complexity index is 952. The maximum Gasteiger partial charge on any atom is 0.322 e. The van der Waals surface area contributed by atoms with E-state index < -0.39 is 4.92 Å². The normalized spacial score (nSPS) is 16.2. The molecule has 0 bridgehead atoms. The van der Waals surface area contributed by atoms with Crippen molar-refractivity contribution in [1.82, 2.24) is 4.90 Å². The molecule has 0 radical (unpaired) electrons. The number of nitro groups is 1. The highest BCUT2D eigenvalue weighted by atomic mass is 32.1. The molecule has 2 aromatic heterocycles. The van der Waals surface area contributed by atoms with Crippen molar-refractivity contribution in [2.45, 2.75) is 12.5 Å². The van der Waals surface area contributed by atoms with E-state index in [1.165, 1.54) is 17.0 Å². The molecule has 6 nitrogen and oxygen atoms in total. The Labute approximate surface area is 157 Å². The highest BCUT2D eigenvalue weighted by Gasteiger charge is 2.33. The van der Waals surface area contributed by atoms with Gasteiger partial charge in [-0.3, -0.25) is 10.1 Å². The van der Waals surface area contributed by atoms with E-state index in [0.717, 1.165) is 16.9 Å². The van der Waals surface area contributed by atoms with Crippen LogP contribution >= 0.6 is 22.7 Å². The Hall–Kier alpha value is -2.71. The summed E-state index contributed by atoms with van der Waals surface area (Å²) in [6, 6.07) is 11.7. The molecule has 2 amide bonds. The standard InChI is InChI=1S/C18H15N3O3S2/c22-18(19-12-3-1-4-13(11-12)21(23)24)20-8-6-15-14(7-10-26-15)17(20)16-5-2-9-25-16/h1-5,7,9-11,17H,6,8H2,(H,19,22). The average Bonchev–Trinajstić information content (AvgIpc) is 3.32. The number of carbonyl (C=O) groups excluding carboxylic acids is 1. The van der Waals surface area contributed by atoms with Crippen LogP contribution in [0.4, 0.5) is 16.2 Å². The van der Waals surface area contributed by atoms with E-state index in [4.69, 9.17) is 0 Å². The zero-order chi connectivity index (χ0) is 18.1. The molecule has 0 saturated carbocycles. The minimum absolute atomic E-state index is 0.0450. The van der Waals surface area contributed by atoms with Gasteiger partial charge in [0.2, 0.25) is 0 Å². The molecule has 0 saturated heterocycles. The number of nitrogens with zero attached hydrogens (tertiary/aromatic N) is 2. The van der Waals surface area contributed by atoms with Gasteiger partial charge >= 0.3 is 6.03 Å². The number of urea groups is 1. The van der Waals surface area contributed by atoms with Crippen LogP contribution in [0.1, 0.15) is 21.4 Å². The van der Waals surface area contributed by atoms with E-state index in [1.54, 1.807) is 39.7 Å². The first-order valence-corrected chi connectivity index (χ1v) is 9.81. The van der Waals surface area contributed by atoms with Crippen LogP contribution in [-0.2, 0) is 6.42 Å². The molecule has 1 atom stereocenters. The molecule has 0 aliphatic carbocycles. The summed E-state index contributed by atoms with van der Waals surface area (Å²) in [5.41, 5.74) is 1.54. The maximum atomic E-state index is 12.9. The third kappa shape index (κ3) is 3.09. The molecule has 1 aromatic carbocycles. The van der Waals surface area contributed by atoms with Crippen molar-refractivity contribution in [2.75, 3.05) is 11.9 Å². The van der Waals surface area contributed by atoms with Gasteiger partial charge in [-0.1, -0.05) is 12.1 Å². The smallest absolute Gasteiger partial charge is 0.312 e. The zero-order valence-corrected chi connectivity index (χ0v) is 15.3. The van der Waals surface area contributed by atoms with Crippen LogP contribution in [0.15, 0.2) is 53.2 Å². The van der Waals surface area contributed by atoms with Crippen LogP contribution in [0.5, 0.6) is 0 Å². The SMILES string of the molecule is O=C(Nc1cccc([N+](=O)[O-])c1)N1CCc2sccc2C1c1cccs1. The van der Waals surface area contributed by atoms with Gasteiger partial charge in [0.25, 0.3) is 5.69 Å². The summed E-state index contributed by atoms with van der Waals surface area (Å²) in [6.45, 7) is 0.608. The van der Waals surface area contributed by atoms with E-state index in [9.17, 15) is 14.9 Å². The van der Waals surface area contributed by atoms with Crippen LogP contribution in [0.25, 0.3) is 0 Å². The van der Waals surface area contributed by atoms with Gasteiger partial charge in [0, 0.05) is 34.1 Å². The number of non-ortho nitro benzene ring substituents is 1. The van der Waals surface area contributed by atoms with Crippen molar-refractivity contribution < 1.29 is 9.72 Å². The van der Waals surface area contributed by atoms with E-state index in [1.807, 2.05) is 17.5 Å². The molecular formula is C18H15N3O3S2. The molecule has 3 heterocycles. The number of fused-ring (bicyclic) bond motifs is 1. The summed E-state index contributed by atoms with van der Waals surface area (Å²) in [5.74, 6) is 0. The van der Waals surface area contributed by atoms with Crippen LogP contribution in [0.2, 0.25) is 0 Å². The second-order valence-corrected chi connectivity index (χ2v) is 7.88. The Kier molecular flexibility index (Phi) is 4.44. The molecule has 3 aromatic rings. The number of amides is 2. The van der Waals surface area contributed by atoms with Crippen molar-refractivity contribution in [3.63, 3.8) is 0 Å². The van der Waals surface area contributed by atoms with E-state index in [2.05, 4.69) is 16.8 Å². The van der Waals surface area contributed by atoms with Gasteiger partial charge in [-0.05, 0) is 40.9 Å². The van der Waals surface area contributed by atoms with Crippen LogP contribution < -0.4 is 5.32 Å². The van der Waals surface area contributed by atoms with Crippen molar-refractivity contribution in [3.8, 4) is 0 Å². The lowest BCUT2D eigenvalue weighted by Crippen LogP contribution is -2.42. The Morgan fingerprint density at radius 3 is 2.85 bits per heavy atom. The molecule has 1 N–H and O–H groups in total. The quantitative estimate of drug-likeness (QED) is 0.515. The van der Waals surface area contributed by atoms with E-state index >= 15 is 0 Å². The average molecular weight is 385 g/mol. The number of hydrogen-bond donors (Lipinski definition) is 1. The van der Waals surface area contributed by atoms with Crippen molar-refractivity contribution >= 4 is 40.1 Å². The highest BCUT2D eigenvalue weighted by Crippen LogP contribution is 2.39. The molecule has 0 spiro atoms. The first-order valence-electron chi connectivity index (χ1n) is 8.05. The molecule has 26 heavy (non-hydrogen) atoms. The summed E-state index contributed by atoms with van der Waals surface area (Å²) in [6.07, 6.45) is 0.817. The number of anilines is 1. The number of carbonyl (C=O) groups is 1. The van der Waals surface area contributed by atoms with Crippen LogP contribution in [0.3, 0.4) is 0 Å². The Morgan fingerprint density at radius 1 is 1.19 bits per heavy atom. The number of benzene rings is 1. The monoisotopic (exact) mass is 385 g/mol. The fourth-order valence-corrected chi connectivity index (χ4v) is 4.94. The maximum absolute atomic E-state index is 12.9. The highest BCUT2D eigenvalue weighted by molar-refractivity contribution is 7.10. The van der Waals surface area contributed by atoms with Crippen LogP contribution in [0, 0.1) is 10.1 Å². The van der Waals surface area contributed by atoms with Crippen molar-refractivity contribution in [1.29, 1.82) is 0 Å². The van der Waals surface area contributed by atoms with Gasteiger partial charge in [-0.25, -0.2) is 4.79 Å². The summed E-state index contributed by atoms with van der Waals surface area (Å²) < 4.78 is 0. The van der Waals surface area contributed by atoms with Crippen LogP contribution in [-0.4, -0.2) is 22.4 Å². The molecule has 1 unspecified atom stereocenters. The Morgan fingerprint density at radius 2 is 2.08 bits per heavy atom. The summed E-state index contributed by atoms with van der Waals surface area (Å²) >= 11 is 3.34. The predicted octanol–water partition coefficient (Wildman–Crippen LogP) is 4.90. The lowest BCUT2D eigenvalue weighted by atomic mass is 9.99. The van der Waals surface area contributed by atoms with Crippen molar-refractivity contribution in [3.05, 3.63) is 78.7 Å². The summed E-state index contributed by atoms with van der Waals surface area (Å²) in [4.78, 5) is 27.6. The number of nitrogens with one attached hydrogen (secondary N) is 1. The third-order valence-corrected chi connectivity index (χ3v) is 6.27. The third-order valence-electron chi connectivity index (χ3n) is 4.35. The number of nitro benzene ring substituents is 1. The van der Waals surface area contributed by atoms with E-state index in [0.29, 0.717) is 12.2 Å². The van der Waals surface area contributed by atoms with Gasteiger partial charge in [-0.2, -0.15) is 0 Å². The lowest BCUT2D eigenvalue weighted by molar-refractivity contribution is -0.384. The molecule has 132 valence electrons. The number of hydrogen-bond acceptors (Lipinski definition) is 5. The first-order chi connectivity index (χ1) is 12.6. The predicted molar refractivity (Wildman–Crippen MR) is 103 cm³/mol. The fraction of sp³-hybridized carbons (Fsp3) is 0.167. The molecule has 1 aliphatic rings. The van der Waals surface area contributed by atoms with Gasteiger partial charge < -0.3 is 10.2 Å². The van der Waals surface area contributed by atoms with Gasteiger partial charge in [-0.15, -0.1) is 22.7 Å². The topological polar surface area (TPSA) is 75.5 Å². The largest absolute Gasteiger partial charge is 0.322 e. The second-order valence-electron chi connectivity index (χ2n) is 5.90. The minimum atomic E-state index is -0.470. The van der Waals surface area contributed by atoms with E-state index in [-0.39, 0.29) is 17.8 Å². The molecule has 4 rings (SSSR count). The fourth-order valence-electron chi connectivity index (χ4n) is 3.18. The molecule has 0 fully saturated rings. The second kappa shape index (κ2) is 6.89. The van der Waals surface area contributed by atoms with Gasteiger partial charge in [0.15, 0.2) is 0 Å². The first kappa shape index (κ1) is 16.7. The van der Waals surface area contributed by atoms with Crippen molar-refractivity contribution in [2.24, 2.45) is 0 Å². The molecular weight excluding hydrogens is 370 g/mol. The summed E-state index contributed by atoms with van der Waals surface area (Å²) in [5, 5.41) is 17.8. The lowest BCUT2D eigenvalue weighted by Gasteiger charge is -2.35. The number of rotatable bonds is 3. The van der Waals surface area contributed by atoms with Gasteiger partial charge in [0.1, 0.15) is 0 Å². The molecule has 1 aliphatic heterocycles. The molecule has 8 heteroatoms. The summed E-state index contributed by atoms with van der Waals surface area (Å²) in [7, 11) is 0. The zero-order valence-electron chi connectivity index (χ0n) is 13.6. The minimum Gasteiger partial charge on any atom is -0.312 e. The number of thiophene rings is 2. The Balaban J connectivity index is 1.62.